The fraction of sp³-hybridized carbons (Fsp3) is 0.111. The molecule has 0 amide bonds. The number of H-pyrrole nitrogens is 1. The van der Waals surface area contributed by atoms with E-state index >= 15 is 0 Å². The van der Waals surface area contributed by atoms with Crippen LogP contribution in [-0.2, 0) is 0 Å². The Labute approximate surface area is 80.2 Å². The Bertz CT molecular complexity index is 497. The van der Waals surface area contributed by atoms with Crippen molar-refractivity contribution >= 4 is 5.69 Å². The van der Waals surface area contributed by atoms with Gasteiger partial charge in [0.15, 0.2) is 0 Å². The number of nitrogen functional groups attached to an aromatic ring is 1. The second-order valence-electron chi connectivity index (χ2n) is 3.00. The summed E-state index contributed by atoms with van der Waals surface area (Å²) < 4.78 is 1.40. The molecule has 0 spiro atoms. The van der Waals surface area contributed by atoms with E-state index in [4.69, 9.17) is 5.73 Å². The molecule has 72 valence electrons. The second kappa shape index (κ2) is 3.02. The van der Waals surface area contributed by atoms with Crippen LogP contribution in [0.4, 0.5) is 5.69 Å². The summed E-state index contributed by atoms with van der Waals surface area (Å²) in [5.41, 5.74) is 6.98. The lowest BCUT2D eigenvalue weighted by molar-refractivity contribution is 0.833. The first kappa shape index (κ1) is 8.55. The summed E-state index contributed by atoms with van der Waals surface area (Å²) in [6.07, 6.45) is 3.24. The summed E-state index contributed by atoms with van der Waals surface area (Å²) in [5, 5.41) is 2.88. The molecule has 0 aromatic carbocycles. The summed E-state index contributed by atoms with van der Waals surface area (Å²) in [4.78, 5) is 15.4. The number of hydrogen-bond donors (Lipinski definition) is 2. The maximum Gasteiger partial charge on any atom is 0.294 e. The third-order valence-electron chi connectivity index (χ3n) is 2.04. The molecule has 5 heteroatoms. The quantitative estimate of drug-likeness (QED) is 0.685. The van der Waals surface area contributed by atoms with Crippen LogP contribution in [0.5, 0.6) is 0 Å². The maximum absolute atomic E-state index is 11.6. The molecular formula is C9H10N4O. The number of nitrogens with zero attached hydrogens (tertiary/aromatic N) is 2. The van der Waals surface area contributed by atoms with Crippen LogP contribution in [0.1, 0.15) is 5.69 Å². The van der Waals surface area contributed by atoms with Crippen molar-refractivity contribution in [1.29, 1.82) is 0 Å². The highest BCUT2D eigenvalue weighted by Crippen LogP contribution is 2.05. The number of nitrogens with one attached hydrogen (secondary N) is 1. The molecule has 14 heavy (non-hydrogen) atoms. The molecule has 0 fully saturated rings. The Hall–Kier alpha value is -2.04. The van der Waals surface area contributed by atoms with Crippen molar-refractivity contribution in [2.75, 3.05) is 5.73 Å². The molecule has 2 rings (SSSR count). The third-order valence-corrected chi connectivity index (χ3v) is 2.04. The summed E-state index contributed by atoms with van der Waals surface area (Å²) in [7, 11) is 0. The molecule has 0 bridgehead atoms. The number of aromatic nitrogens is 3. The van der Waals surface area contributed by atoms with Gasteiger partial charge in [0, 0.05) is 12.4 Å². The lowest BCUT2D eigenvalue weighted by atomic mass is 10.4. The molecule has 0 aliphatic carbocycles. The molecule has 0 atom stereocenters. The van der Waals surface area contributed by atoms with E-state index in [1.807, 2.05) is 0 Å². The minimum Gasteiger partial charge on any atom is -0.393 e. The molecule has 2 aromatic rings. The van der Waals surface area contributed by atoms with Gasteiger partial charge in [0.05, 0.1) is 11.4 Å². The van der Waals surface area contributed by atoms with Crippen molar-refractivity contribution in [3.63, 3.8) is 0 Å². The van der Waals surface area contributed by atoms with Gasteiger partial charge < -0.3 is 5.73 Å². The van der Waals surface area contributed by atoms with Crippen LogP contribution in [-0.4, -0.2) is 14.8 Å². The summed E-state index contributed by atoms with van der Waals surface area (Å²) >= 11 is 0. The van der Waals surface area contributed by atoms with Gasteiger partial charge in [0.25, 0.3) is 5.56 Å². The SMILES string of the molecule is Cc1[nH]n(-c2ccncc2)c(=O)c1N. The Morgan fingerprint density at radius 2 is 2.07 bits per heavy atom. The number of anilines is 1. The predicted octanol–water partition coefficient (Wildman–Crippen LogP) is 0.451. The van der Waals surface area contributed by atoms with Gasteiger partial charge >= 0.3 is 0 Å². The van der Waals surface area contributed by atoms with Gasteiger partial charge in [-0.1, -0.05) is 0 Å². The highest BCUT2D eigenvalue weighted by molar-refractivity contribution is 5.43. The first-order chi connectivity index (χ1) is 6.70. The standard InChI is InChI=1S/C9H10N4O/c1-6-8(10)9(14)13(12-6)7-2-4-11-5-3-7/h2-5,12H,10H2,1H3. The highest BCUT2D eigenvalue weighted by Gasteiger charge is 2.07. The van der Waals surface area contributed by atoms with E-state index in [0.29, 0.717) is 5.69 Å². The number of aryl methyl sites for hydroxylation is 1. The van der Waals surface area contributed by atoms with Gasteiger partial charge in [-0.05, 0) is 19.1 Å². The van der Waals surface area contributed by atoms with Crippen LogP contribution < -0.4 is 11.3 Å². The molecule has 5 nitrogen and oxygen atoms in total. The van der Waals surface area contributed by atoms with Crippen molar-refractivity contribution in [2.45, 2.75) is 6.92 Å². The third kappa shape index (κ3) is 1.19. The Morgan fingerprint density at radius 3 is 2.57 bits per heavy atom. The smallest absolute Gasteiger partial charge is 0.294 e. The van der Waals surface area contributed by atoms with Gasteiger partial charge in [-0.25, -0.2) is 4.68 Å². The van der Waals surface area contributed by atoms with E-state index in [0.717, 1.165) is 5.69 Å². The zero-order chi connectivity index (χ0) is 10.1. The van der Waals surface area contributed by atoms with Gasteiger partial charge in [-0.15, -0.1) is 0 Å². The summed E-state index contributed by atoms with van der Waals surface area (Å²) in [6, 6.07) is 3.47. The van der Waals surface area contributed by atoms with Crippen LogP contribution in [0.25, 0.3) is 5.69 Å². The number of hydrogen-bond acceptors (Lipinski definition) is 3. The lowest BCUT2D eigenvalue weighted by Crippen LogP contribution is -2.16. The first-order valence-corrected chi connectivity index (χ1v) is 4.17. The Kier molecular flexibility index (Phi) is 1.85. The largest absolute Gasteiger partial charge is 0.393 e. The fourth-order valence-corrected chi connectivity index (χ4v) is 1.23. The fourth-order valence-electron chi connectivity index (χ4n) is 1.23. The van der Waals surface area contributed by atoms with Crippen molar-refractivity contribution in [1.82, 2.24) is 14.8 Å². The van der Waals surface area contributed by atoms with Crippen LogP contribution in [0.2, 0.25) is 0 Å². The second-order valence-corrected chi connectivity index (χ2v) is 3.00. The van der Waals surface area contributed by atoms with Crippen molar-refractivity contribution in [3.8, 4) is 5.69 Å². The molecule has 0 radical (unpaired) electrons. The van der Waals surface area contributed by atoms with Gasteiger partial charge in [-0.3, -0.25) is 14.9 Å². The minimum absolute atomic E-state index is 0.228. The topological polar surface area (TPSA) is 76.7 Å². The van der Waals surface area contributed by atoms with Crippen LogP contribution in [0.15, 0.2) is 29.3 Å². The Balaban J connectivity index is 2.64. The van der Waals surface area contributed by atoms with Crippen molar-refractivity contribution < 1.29 is 0 Å². The molecule has 2 aromatic heterocycles. The summed E-state index contributed by atoms with van der Waals surface area (Å²) in [6.45, 7) is 1.76. The normalized spacial score (nSPS) is 10.4. The molecule has 0 unspecified atom stereocenters. The van der Waals surface area contributed by atoms with E-state index in [9.17, 15) is 4.79 Å². The summed E-state index contributed by atoms with van der Waals surface area (Å²) in [5.74, 6) is 0. The van der Waals surface area contributed by atoms with Crippen molar-refractivity contribution in [3.05, 3.63) is 40.6 Å². The van der Waals surface area contributed by atoms with Crippen LogP contribution in [0, 0.1) is 6.92 Å². The predicted molar refractivity (Wildman–Crippen MR) is 53.3 cm³/mol. The molecule has 0 saturated carbocycles. The van der Waals surface area contributed by atoms with Gasteiger partial charge in [0.1, 0.15) is 5.69 Å². The number of nitrogens with two attached hydrogens (primary N) is 1. The zero-order valence-corrected chi connectivity index (χ0v) is 7.69. The maximum atomic E-state index is 11.6. The molecule has 0 saturated heterocycles. The van der Waals surface area contributed by atoms with E-state index < -0.39 is 0 Å². The monoisotopic (exact) mass is 190 g/mol. The highest BCUT2D eigenvalue weighted by atomic mass is 16.1. The van der Waals surface area contributed by atoms with E-state index in [2.05, 4.69) is 10.1 Å². The molecule has 3 N–H and O–H groups in total. The van der Waals surface area contributed by atoms with E-state index in [1.165, 1.54) is 4.68 Å². The van der Waals surface area contributed by atoms with Gasteiger partial charge in [0.2, 0.25) is 0 Å². The molecule has 2 heterocycles. The van der Waals surface area contributed by atoms with Crippen molar-refractivity contribution in [2.24, 2.45) is 0 Å². The van der Waals surface area contributed by atoms with E-state index in [-0.39, 0.29) is 11.2 Å². The molecule has 0 aliphatic rings. The van der Waals surface area contributed by atoms with Gasteiger partial charge in [-0.2, -0.15) is 0 Å². The first-order valence-electron chi connectivity index (χ1n) is 4.17. The van der Waals surface area contributed by atoms with E-state index in [1.54, 1.807) is 31.5 Å². The average molecular weight is 190 g/mol. The molecule has 0 aliphatic heterocycles. The number of aromatic amines is 1. The lowest BCUT2D eigenvalue weighted by Gasteiger charge is -1.98. The Morgan fingerprint density at radius 1 is 1.43 bits per heavy atom. The minimum atomic E-state index is -0.228. The van der Waals surface area contributed by atoms with Crippen LogP contribution in [0.3, 0.4) is 0 Å². The molecular weight excluding hydrogens is 180 g/mol. The number of pyridine rings is 1. The number of rotatable bonds is 1. The zero-order valence-electron chi connectivity index (χ0n) is 7.69. The van der Waals surface area contributed by atoms with Crippen LogP contribution >= 0.6 is 0 Å². The average Bonchev–Trinajstić information content (AvgIpc) is 2.47.